The Bertz CT molecular complexity index is 219. The van der Waals surface area contributed by atoms with Crippen LogP contribution >= 0.6 is 0 Å². The molecule has 0 aromatic carbocycles. The first-order valence-electron chi connectivity index (χ1n) is 7.55. The van der Waals surface area contributed by atoms with E-state index in [0.717, 1.165) is 32.2 Å². The molecule has 0 aromatic rings. The molecule has 0 saturated carbocycles. The predicted molar refractivity (Wildman–Crippen MR) is 74.9 cm³/mol. The van der Waals surface area contributed by atoms with Crippen LogP contribution in [0.1, 0.15) is 25.7 Å². The maximum Gasteiger partial charge on any atom is 0.0620 e. The van der Waals surface area contributed by atoms with Crippen LogP contribution in [-0.2, 0) is 4.74 Å². The van der Waals surface area contributed by atoms with Gasteiger partial charge in [0.05, 0.1) is 13.2 Å². The largest absolute Gasteiger partial charge is 0.379 e. The first kappa shape index (κ1) is 14.3. The monoisotopic (exact) mass is 255 g/mol. The van der Waals surface area contributed by atoms with E-state index in [0.29, 0.717) is 6.04 Å². The van der Waals surface area contributed by atoms with Crippen LogP contribution in [0.25, 0.3) is 0 Å². The maximum atomic E-state index is 5.45. The molecule has 0 aliphatic carbocycles. The number of piperidine rings is 1. The molecule has 2 aliphatic heterocycles. The first-order chi connectivity index (χ1) is 8.84. The van der Waals surface area contributed by atoms with Crippen molar-refractivity contribution in [1.82, 2.24) is 15.5 Å². The predicted octanol–water partition coefficient (Wildman–Crippen LogP) is 0.686. The molecule has 106 valence electrons. The molecule has 2 aliphatic rings. The lowest BCUT2D eigenvalue weighted by atomic mass is 9.95. The molecule has 2 saturated heterocycles. The first-order valence-corrected chi connectivity index (χ1v) is 7.55. The van der Waals surface area contributed by atoms with Gasteiger partial charge < -0.3 is 20.3 Å². The topological polar surface area (TPSA) is 36.5 Å². The van der Waals surface area contributed by atoms with Gasteiger partial charge in [0.2, 0.25) is 0 Å². The van der Waals surface area contributed by atoms with Crippen molar-refractivity contribution in [2.75, 3.05) is 53.0 Å². The molecule has 4 nitrogen and oxygen atoms in total. The molecule has 0 amide bonds. The molecule has 2 rings (SSSR count). The highest BCUT2D eigenvalue weighted by molar-refractivity contribution is 4.73. The van der Waals surface area contributed by atoms with Gasteiger partial charge >= 0.3 is 0 Å². The van der Waals surface area contributed by atoms with Crippen LogP contribution in [0, 0.1) is 5.92 Å². The van der Waals surface area contributed by atoms with Gasteiger partial charge in [-0.25, -0.2) is 0 Å². The minimum Gasteiger partial charge on any atom is -0.379 e. The van der Waals surface area contributed by atoms with Gasteiger partial charge in [-0.2, -0.15) is 0 Å². The van der Waals surface area contributed by atoms with Crippen LogP contribution in [0.2, 0.25) is 0 Å². The summed E-state index contributed by atoms with van der Waals surface area (Å²) in [6.45, 7) is 7.64. The molecule has 18 heavy (non-hydrogen) atoms. The number of ether oxygens (including phenoxy) is 1. The fraction of sp³-hybridized carbons (Fsp3) is 1.00. The van der Waals surface area contributed by atoms with E-state index in [4.69, 9.17) is 4.74 Å². The number of hydrogen-bond donors (Lipinski definition) is 2. The smallest absolute Gasteiger partial charge is 0.0620 e. The van der Waals surface area contributed by atoms with E-state index in [-0.39, 0.29) is 0 Å². The zero-order chi connectivity index (χ0) is 12.6. The van der Waals surface area contributed by atoms with Crippen LogP contribution in [0.4, 0.5) is 0 Å². The van der Waals surface area contributed by atoms with Crippen molar-refractivity contribution in [1.29, 1.82) is 0 Å². The Balaban J connectivity index is 1.45. The second-order valence-electron chi connectivity index (χ2n) is 5.82. The average molecular weight is 255 g/mol. The van der Waals surface area contributed by atoms with Crippen molar-refractivity contribution in [3.05, 3.63) is 0 Å². The van der Waals surface area contributed by atoms with Gasteiger partial charge in [0, 0.05) is 19.1 Å². The van der Waals surface area contributed by atoms with Crippen LogP contribution < -0.4 is 10.6 Å². The van der Waals surface area contributed by atoms with Crippen molar-refractivity contribution in [2.24, 2.45) is 5.92 Å². The molecule has 4 heteroatoms. The lowest BCUT2D eigenvalue weighted by molar-refractivity contribution is 0.0742. The zero-order valence-electron chi connectivity index (χ0n) is 11.8. The third kappa shape index (κ3) is 5.22. The number of likely N-dealkylation sites (tertiary alicyclic amines) is 1. The summed E-state index contributed by atoms with van der Waals surface area (Å²) in [5, 5.41) is 7.07. The highest BCUT2D eigenvalue weighted by Crippen LogP contribution is 2.17. The summed E-state index contributed by atoms with van der Waals surface area (Å²) >= 11 is 0. The normalized spacial score (nSPS) is 30.5. The second-order valence-corrected chi connectivity index (χ2v) is 5.82. The van der Waals surface area contributed by atoms with Gasteiger partial charge in [-0.3, -0.25) is 0 Å². The fourth-order valence-corrected chi connectivity index (χ4v) is 3.02. The van der Waals surface area contributed by atoms with E-state index < -0.39 is 0 Å². The summed E-state index contributed by atoms with van der Waals surface area (Å²) in [7, 11) is 2.24. The Morgan fingerprint density at radius 1 is 1.33 bits per heavy atom. The van der Waals surface area contributed by atoms with Crippen LogP contribution in [-0.4, -0.2) is 63.9 Å². The molecular weight excluding hydrogens is 226 g/mol. The van der Waals surface area contributed by atoms with Gasteiger partial charge in [0.1, 0.15) is 0 Å². The zero-order valence-corrected chi connectivity index (χ0v) is 11.8. The Morgan fingerprint density at radius 2 is 2.22 bits per heavy atom. The summed E-state index contributed by atoms with van der Waals surface area (Å²) < 4.78 is 5.45. The summed E-state index contributed by atoms with van der Waals surface area (Å²) in [6, 6.07) is 0.562. The minimum absolute atomic E-state index is 0.562. The molecule has 0 spiro atoms. The summed E-state index contributed by atoms with van der Waals surface area (Å²) in [5.41, 5.74) is 0. The van der Waals surface area contributed by atoms with Crippen molar-refractivity contribution in [3.63, 3.8) is 0 Å². The van der Waals surface area contributed by atoms with Gasteiger partial charge in [0.25, 0.3) is 0 Å². The van der Waals surface area contributed by atoms with E-state index in [2.05, 4.69) is 22.6 Å². The van der Waals surface area contributed by atoms with E-state index in [1.165, 1.54) is 45.3 Å². The minimum atomic E-state index is 0.562. The van der Waals surface area contributed by atoms with Crippen molar-refractivity contribution < 1.29 is 4.74 Å². The number of nitrogens with zero attached hydrogens (tertiary/aromatic N) is 1. The SMILES string of the molecule is CN1CCCC(CCNCCC2COCCN2)C1. The lowest BCUT2D eigenvalue weighted by Gasteiger charge is -2.29. The van der Waals surface area contributed by atoms with Gasteiger partial charge in [-0.05, 0) is 58.3 Å². The van der Waals surface area contributed by atoms with E-state index in [1.807, 2.05) is 0 Å². The second kappa shape index (κ2) is 8.10. The molecule has 2 N–H and O–H groups in total. The molecule has 2 fully saturated rings. The van der Waals surface area contributed by atoms with E-state index in [9.17, 15) is 0 Å². The Kier molecular flexibility index (Phi) is 6.41. The van der Waals surface area contributed by atoms with Gasteiger partial charge in [-0.1, -0.05) is 0 Å². The Labute approximate surface area is 111 Å². The number of nitrogens with one attached hydrogen (secondary N) is 2. The number of hydrogen-bond acceptors (Lipinski definition) is 4. The quantitative estimate of drug-likeness (QED) is 0.685. The fourth-order valence-electron chi connectivity index (χ4n) is 3.02. The van der Waals surface area contributed by atoms with Crippen LogP contribution in [0.3, 0.4) is 0 Å². The molecule has 2 heterocycles. The summed E-state index contributed by atoms with van der Waals surface area (Å²) in [4.78, 5) is 2.47. The molecular formula is C14H29N3O. The number of rotatable bonds is 6. The van der Waals surface area contributed by atoms with E-state index >= 15 is 0 Å². The number of morpholine rings is 1. The maximum absolute atomic E-state index is 5.45. The van der Waals surface area contributed by atoms with Crippen LogP contribution in [0.5, 0.6) is 0 Å². The summed E-state index contributed by atoms with van der Waals surface area (Å²) in [6.07, 6.45) is 5.32. The third-order valence-electron chi connectivity index (χ3n) is 4.12. The van der Waals surface area contributed by atoms with Gasteiger partial charge in [0.15, 0.2) is 0 Å². The van der Waals surface area contributed by atoms with Crippen molar-refractivity contribution >= 4 is 0 Å². The molecule has 2 atom stereocenters. The third-order valence-corrected chi connectivity index (χ3v) is 4.12. The highest BCUT2D eigenvalue weighted by atomic mass is 16.5. The van der Waals surface area contributed by atoms with Crippen molar-refractivity contribution in [2.45, 2.75) is 31.7 Å². The standard InChI is InChI=1S/C14H29N3O/c1-17-9-2-3-13(11-17)4-6-15-7-5-14-12-18-10-8-16-14/h13-16H,2-12H2,1H3. The van der Waals surface area contributed by atoms with Crippen LogP contribution in [0.15, 0.2) is 0 Å². The van der Waals surface area contributed by atoms with Gasteiger partial charge in [-0.15, -0.1) is 0 Å². The average Bonchev–Trinajstić information content (AvgIpc) is 2.40. The molecule has 2 unspecified atom stereocenters. The Hall–Kier alpha value is -0.160. The molecule has 0 radical (unpaired) electrons. The van der Waals surface area contributed by atoms with E-state index in [1.54, 1.807) is 0 Å². The molecule has 0 bridgehead atoms. The lowest BCUT2D eigenvalue weighted by Crippen LogP contribution is -2.42. The van der Waals surface area contributed by atoms with Crippen molar-refractivity contribution in [3.8, 4) is 0 Å². The summed E-state index contributed by atoms with van der Waals surface area (Å²) in [5.74, 6) is 0.910. The molecule has 0 aromatic heterocycles. The highest BCUT2D eigenvalue weighted by Gasteiger charge is 2.16. The Morgan fingerprint density at radius 3 is 3.00 bits per heavy atom.